The Morgan fingerprint density at radius 3 is 2.52 bits per heavy atom. The average Bonchev–Trinajstić information content (AvgIpc) is 2.71. The van der Waals surface area contributed by atoms with Crippen molar-refractivity contribution in [3.8, 4) is 22.3 Å². The zero-order valence-corrected chi connectivity index (χ0v) is 14.9. The number of hydrogen-bond acceptors (Lipinski definition) is 4. The highest BCUT2D eigenvalue weighted by Gasteiger charge is 2.11. The molecule has 0 aliphatic heterocycles. The van der Waals surface area contributed by atoms with Gasteiger partial charge in [0.1, 0.15) is 0 Å². The van der Waals surface area contributed by atoms with E-state index in [1.54, 1.807) is 12.3 Å². The molecule has 4 aromatic rings. The summed E-state index contributed by atoms with van der Waals surface area (Å²) in [7, 11) is 0. The monoisotopic (exact) mass is 357 g/mol. The molecular weight excluding hydrogens is 338 g/mol. The maximum absolute atomic E-state index is 12.2. The van der Waals surface area contributed by atoms with Gasteiger partial charge < -0.3 is 10.5 Å². The number of nitrogens with one attached hydrogen (secondary N) is 1. The average molecular weight is 357 g/mol. The van der Waals surface area contributed by atoms with Gasteiger partial charge >= 0.3 is 0 Å². The van der Waals surface area contributed by atoms with E-state index < -0.39 is 5.56 Å². The highest BCUT2D eigenvalue weighted by molar-refractivity contribution is 5.93. The lowest BCUT2D eigenvalue weighted by Crippen LogP contribution is -2.18. The van der Waals surface area contributed by atoms with Crippen molar-refractivity contribution in [3.05, 3.63) is 83.3 Å². The quantitative estimate of drug-likeness (QED) is 0.531. The fourth-order valence-corrected chi connectivity index (χ4v) is 3.26. The second-order valence-electron chi connectivity index (χ2n) is 6.27. The first-order valence-electron chi connectivity index (χ1n) is 8.82. The fourth-order valence-electron chi connectivity index (χ4n) is 3.26. The first-order chi connectivity index (χ1) is 13.2. The Balaban J connectivity index is 1.87. The van der Waals surface area contributed by atoms with Crippen LogP contribution in [-0.2, 0) is 0 Å². The maximum atomic E-state index is 12.2. The smallest absolute Gasteiger partial charge is 0.285 e. The molecule has 2 aromatic carbocycles. The van der Waals surface area contributed by atoms with Crippen molar-refractivity contribution in [2.45, 2.75) is 6.92 Å². The van der Waals surface area contributed by atoms with Gasteiger partial charge in [-0.05, 0) is 59.5 Å². The Hall–Kier alpha value is -3.60. The van der Waals surface area contributed by atoms with Crippen LogP contribution in [0.15, 0.2) is 77.7 Å². The van der Waals surface area contributed by atoms with Gasteiger partial charge in [0.2, 0.25) is 0 Å². The van der Waals surface area contributed by atoms with Gasteiger partial charge in [-0.25, -0.2) is 4.98 Å². The topological polar surface area (TPSA) is 67.2 Å². The van der Waals surface area contributed by atoms with Gasteiger partial charge in [-0.2, -0.15) is 0 Å². The molecule has 0 radical (unpaired) electrons. The summed E-state index contributed by atoms with van der Waals surface area (Å²) in [6.07, 6.45) is 1.56. The predicted molar refractivity (Wildman–Crippen MR) is 108 cm³/mol. The standard InChI is InChI=1S/C22H19N3O2/c1-2-23-18-9-4-7-16(13-18)15-6-3-8-17(12-15)20-14-21(26)25(27)22-19(20)10-5-11-24-22/h3-14,23,27H,2H2,1H3. The van der Waals surface area contributed by atoms with E-state index in [4.69, 9.17) is 0 Å². The van der Waals surface area contributed by atoms with Crippen LogP contribution in [0.4, 0.5) is 5.69 Å². The Morgan fingerprint density at radius 2 is 1.70 bits per heavy atom. The van der Waals surface area contributed by atoms with Gasteiger partial charge in [0.15, 0.2) is 5.65 Å². The highest BCUT2D eigenvalue weighted by atomic mass is 16.5. The third-order valence-corrected chi connectivity index (χ3v) is 4.50. The number of pyridine rings is 2. The number of hydrogen-bond donors (Lipinski definition) is 2. The third-order valence-electron chi connectivity index (χ3n) is 4.50. The lowest BCUT2D eigenvalue weighted by molar-refractivity contribution is 0.187. The summed E-state index contributed by atoms with van der Waals surface area (Å²) >= 11 is 0. The van der Waals surface area contributed by atoms with Crippen LogP contribution in [-0.4, -0.2) is 21.5 Å². The molecule has 0 amide bonds. The summed E-state index contributed by atoms with van der Waals surface area (Å²) in [5.74, 6) is 0. The van der Waals surface area contributed by atoms with E-state index in [0.29, 0.717) is 4.73 Å². The number of benzene rings is 2. The molecule has 5 nitrogen and oxygen atoms in total. The van der Waals surface area contributed by atoms with E-state index in [-0.39, 0.29) is 5.65 Å². The summed E-state index contributed by atoms with van der Waals surface area (Å²) < 4.78 is 0.586. The number of aromatic nitrogens is 2. The molecule has 0 saturated carbocycles. The van der Waals surface area contributed by atoms with E-state index >= 15 is 0 Å². The van der Waals surface area contributed by atoms with Crippen LogP contribution >= 0.6 is 0 Å². The number of fused-ring (bicyclic) bond motifs is 1. The van der Waals surface area contributed by atoms with Crippen LogP contribution in [0.2, 0.25) is 0 Å². The maximum Gasteiger partial charge on any atom is 0.285 e. The van der Waals surface area contributed by atoms with E-state index in [1.165, 1.54) is 6.07 Å². The third kappa shape index (κ3) is 3.15. The molecule has 2 N–H and O–H groups in total. The Labute approximate surface area is 156 Å². The van der Waals surface area contributed by atoms with Crippen molar-refractivity contribution in [2.75, 3.05) is 11.9 Å². The Kier molecular flexibility index (Phi) is 4.34. The van der Waals surface area contributed by atoms with Crippen molar-refractivity contribution in [3.63, 3.8) is 0 Å². The molecule has 0 aliphatic carbocycles. The highest BCUT2D eigenvalue weighted by Crippen LogP contribution is 2.30. The van der Waals surface area contributed by atoms with Crippen molar-refractivity contribution >= 4 is 16.7 Å². The summed E-state index contributed by atoms with van der Waals surface area (Å²) in [5.41, 5.74) is 4.61. The van der Waals surface area contributed by atoms with Crippen LogP contribution in [0.1, 0.15) is 6.92 Å². The largest absolute Gasteiger partial charge is 0.423 e. The van der Waals surface area contributed by atoms with Crippen LogP contribution in [0.3, 0.4) is 0 Å². The number of anilines is 1. The van der Waals surface area contributed by atoms with Crippen molar-refractivity contribution in [2.24, 2.45) is 0 Å². The SMILES string of the molecule is CCNc1cccc(-c2cccc(-c3cc(=O)n(O)c4ncccc34)c2)c1. The fraction of sp³-hybridized carbons (Fsp3) is 0.0909. The van der Waals surface area contributed by atoms with Crippen LogP contribution in [0.5, 0.6) is 0 Å². The molecule has 27 heavy (non-hydrogen) atoms. The summed E-state index contributed by atoms with van der Waals surface area (Å²) in [5, 5.41) is 14.0. The minimum Gasteiger partial charge on any atom is -0.423 e. The molecule has 2 aromatic heterocycles. The molecule has 0 saturated heterocycles. The molecule has 5 heteroatoms. The Bertz CT molecular complexity index is 1180. The van der Waals surface area contributed by atoms with Crippen LogP contribution in [0, 0.1) is 0 Å². The van der Waals surface area contributed by atoms with Gasteiger partial charge in [-0.1, -0.05) is 30.3 Å². The van der Waals surface area contributed by atoms with Gasteiger partial charge in [0, 0.05) is 29.9 Å². The number of rotatable bonds is 4. The summed E-state index contributed by atoms with van der Waals surface area (Å²) in [6.45, 7) is 2.93. The lowest BCUT2D eigenvalue weighted by Gasteiger charge is -2.11. The molecule has 2 heterocycles. The summed E-state index contributed by atoms with van der Waals surface area (Å²) in [4.78, 5) is 16.3. The second kappa shape index (κ2) is 6.96. The lowest BCUT2D eigenvalue weighted by atomic mass is 9.97. The zero-order valence-electron chi connectivity index (χ0n) is 14.9. The van der Waals surface area contributed by atoms with Gasteiger partial charge in [0.05, 0.1) is 0 Å². The van der Waals surface area contributed by atoms with E-state index in [1.807, 2.05) is 42.5 Å². The molecular formula is C22H19N3O2. The molecule has 0 bridgehead atoms. The first kappa shape index (κ1) is 16.8. The van der Waals surface area contributed by atoms with Crippen LogP contribution in [0.25, 0.3) is 33.3 Å². The van der Waals surface area contributed by atoms with E-state index in [2.05, 4.69) is 29.4 Å². The summed E-state index contributed by atoms with van der Waals surface area (Å²) in [6, 6.07) is 21.3. The molecule has 0 spiro atoms. The van der Waals surface area contributed by atoms with E-state index in [0.717, 1.165) is 39.9 Å². The molecule has 0 unspecified atom stereocenters. The van der Waals surface area contributed by atoms with Gasteiger partial charge in [-0.3, -0.25) is 4.79 Å². The van der Waals surface area contributed by atoms with Crippen molar-refractivity contribution < 1.29 is 5.21 Å². The molecule has 0 aliphatic rings. The molecule has 4 rings (SSSR count). The first-order valence-corrected chi connectivity index (χ1v) is 8.82. The van der Waals surface area contributed by atoms with E-state index in [9.17, 15) is 10.0 Å². The second-order valence-corrected chi connectivity index (χ2v) is 6.27. The van der Waals surface area contributed by atoms with Gasteiger partial charge in [-0.15, -0.1) is 4.73 Å². The minimum absolute atomic E-state index is 0.250. The Morgan fingerprint density at radius 1 is 0.963 bits per heavy atom. The van der Waals surface area contributed by atoms with Gasteiger partial charge in [0.25, 0.3) is 5.56 Å². The predicted octanol–water partition coefficient (Wildman–Crippen LogP) is 4.40. The molecule has 0 atom stereocenters. The zero-order chi connectivity index (χ0) is 18.8. The van der Waals surface area contributed by atoms with Crippen LogP contribution < -0.4 is 10.9 Å². The minimum atomic E-state index is -0.504. The normalized spacial score (nSPS) is 10.9. The van der Waals surface area contributed by atoms with Crippen molar-refractivity contribution in [1.29, 1.82) is 0 Å². The number of nitrogens with zero attached hydrogens (tertiary/aromatic N) is 2. The van der Waals surface area contributed by atoms with Crippen molar-refractivity contribution in [1.82, 2.24) is 9.71 Å². The molecule has 0 fully saturated rings. The molecule has 134 valence electrons.